The van der Waals surface area contributed by atoms with Crippen LogP contribution in [0.4, 0.5) is 5.69 Å². The predicted octanol–water partition coefficient (Wildman–Crippen LogP) is 2.62. The summed E-state index contributed by atoms with van der Waals surface area (Å²) in [6.45, 7) is 0.157. The molecule has 8 nitrogen and oxygen atoms in total. The Morgan fingerprint density at radius 2 is 2.03 bits per heavy atom. The van der Waals surface area contributed by atoms with E-state index in [1.54, 1.807) is 0 Å². The van der Waals surface area contributed by atoms with Crippen LogP contribution in [-0.2, 0) is 10.0 Å². The highest BCUT2D eigenvalue weighted by Crippen LogP contribution is 2.35. The number of hydrogen-bond acceptors (Lipinski definition) is 6. The van der Waals surface area contributed by atoms with Crippen LogP contribution in [0.5, 0.6) is 5.88 Å². The molecule has 1 amide bonds. The van der Waals surface area contributed by atoms with Gasteiger partial charge >= 0.3 is 0 Å². The summed E-state index contributed by atoms with van der Waals surface area (Å²) in [6, 6.07) is 5.14. The summed E-state index contributed by atoms with van der Waals surface area (Å²) >= 11 is 11.9. The van der Waals surface area contributed by atoms with E-state index >= 15 is 0 Å². The first-order valence-electron chi connectivity index (χ1n) is 9.37. The van der Waals surface area contributed by atoms with Crippen LogP contribution in [0.3, 0.4) is 0 Å². The highest BCUT2D eigenvalue weighted by atomic mass is 35.5. The lowest BCUT2D eigenvalue weighted by Crippen LogP contribution is -2.41. The lowest BCUT2D eigenvalue weighted by molar-refractivity contribution is 0.0872. The Balaban J connectivity index is 1.66. The zero-order valence-corrected chi connectivity index (χ0v) is 18.0. The summed E-state index contributed by atoms with van der Waals surface area (Å²) in [5, 5.41) is 13.1. The molecule has 1 unspecified atom stereocenters. The fraction of sp³-hybridized carbons (Fsp3) is 0.368. The topological polar surface area (TPSA) is 109 Å². The van der Waals surface area contributed by atoms with Gasteiger partial charge in [0.05, 0.1) is 39.2 Å². The molecule has 30 heavy (non-hydrogen) atoms. The number of ether oxygens (including phenoxy) is 1. The van der Waals surface area contributed by atoms with Gasteiger partial charge in [-0.1, -0.05) is 23.2 Å². The second-order valence-electron chi connectivity index (χ2n) is 7.13. The summed E-state index contributed by atoms with van der Waals surface area (Å²) < 4.78 is 33.1. The van der Waals surface area contributed by atoms with Crippen LogP contribution in [-0.4, -0.2) is 49.7 Å². The van der Waals surface area contributed by atoms with Crippen molar-refractivity contribution in [3.05, 3.63) is 46.1 Å². The van der Waals surface area contributed by atoms with Gasteiger partial charge < -0.3 is 15.2 Å². The maximum Gasteiger partial charge on any atom is 0.264 e. The zero-order chi connectivity index (χ0) is 21.5. The number of halogens is 2. The molecule has 1 aliphatic heterocycles. The van der Waals surface area contributed by atoms with Crippen molar-refractivity contribution in [3.63, 3.8) is 0 Å². The van der Waals surface area contributed by atoms with E-state index in [9.17, 15) is 18.3 Å². The number of nitrogens with zero attached hydrogens (tertiary/aromatic N) is 2. The molecule has 4 rings (SSSR count). The van der Waals surface area contributed by atoms with Gasteiger partial charge in [0.15, 0.2) is 0 Å². The molecule has 2 heterocycles. The molecule has 0 radical (unpaired) electrons. The van der Waals surface area contributed by atoms with Crippen molar-refractivity contribution < 1.29 is 23.1 Å². The van der Waals surface area contributed by atoms with Crippen molar-refractivity contribution in [2.75, 3.05) is 17.5 Å². The second kappa shape index (κ2) is 8.22. The number of anilines is 1. The number of amides is 1. The lowest BCUT2D eigenvalue weighted by Gasteiger charge is -2.30. The number of pyridine rings is 1. The zero-order valence-electron chi connectivity index (χ0n) is 15.7. The standard InChI is InChI=1S/C19H19Cl2N3O5S/c20-13-5-4-12(9-14(13)21)30(27,28)24-6-7-29-19-16(24)8-11(10-22-19)18(26)23-15-2-1-3-17(15)25/h4-5,8-10,15,17,25H,1-3,6-7H2,(H,23,26)/t15?,17-/m1/s1. The number of hydrogen-bond donors (Lipinski definition) is 2. The third-order valence-corrected chi connectivity index (χ3v) is 7.72. The summed E-state index contributed by atoms with van der Waals surface area (Å²) in [7, 11) is -3.99. The Kier molecular flexibility index (Phi) is 5.80. The fourth-order valence-electron chi connectivity index (χ4n) is 3.58. The molecule has 0 spiro atoms. The molecule has 1 aromatic heterocycles. The van der Waals surface area contributed by atoms with Crippen molar-refractivity contribution >= 4 is 44.8 Å². The van der Waals surface area contributed by atoms with E-state index in [1.807, 2.05) is 0 Å². The molecule has 0 saturated heterocycles. The number of aliphatic hydroxyl groups excluding tert-OH is 1. The Hall–Kier alpha value is -2.07. The Bertz CT molecular complexity index is 1100. The number of rotatable bonds is 4. The van der Waals surface area contributed by atoms with Gasteiger partial charge in [-0.25, -0.2) is 13.4 Å². The van der Waals surface area contributed by atoms with Gasteiger partial charge in [-0.15, -0.1) is 0 Å². The first-order chi connectivity index (χ1) is 14.3. The summed E-state index contributed by atoms with van der Waals surface area (Å²) in [4.78, 5) is 16.7. The van der Waals surface area contributed by atoms with Crippen molar-refractivity contribution in [1.82, 2.24) is 10.3 Å². The average molecular weight is 472 g/mol. The highest BCUT2D eigenvalue weighted by Gasteiger charge is 2.33. The maximum atomic E-state index is 13.2. The van der Waals surface area contributed by atoms with Crippen LogP contribution in [0.1, 0.15) is 29.6 Å². The molecule has 2 aromatic rings. The summed E-state index contributed by atoms with van der Waals surface area (Å²) in [5.74, 6) is -0.323. The monoisotopic (exact) mass is 471 g/mol. The molecule has 11 heteroatoms. The fourth-order valence-corrected chi connectivity index (χ4v) is 5.40. The third kappa shape index (κ3) is 3.94. The SMILES string of the molecule is O=C(NC1CCC[C@H]1O)c1cnc2c(c1)N(S(=O)(=O)c1ccc(Cl)c(Cl)c1)CCO2. The van der Waals surface area contributed by atoms with Crippen LogP contribution in [0.25, 0.3) is 0 Å². The Labute approximate surface area is 183 Å². The molecular formula is C19H19Cl2N3O5S. The van der Waals surface area contributed by atoms with Gasteiger partial charge in [-0.05, 0) is 43.5 Å². The number of nitrogens with one attached hydrogen (secondary N) is 1. The molecule has 1 aliphatic carbocycles. The molecule has 2 aliphatic rings. The minimum Gasteiger partial charge on any atom is -0.474 e. The quantitative estimate of drug-likeness (QED) is 0.709. The molecule has 1 saturated carbocycles. The van der Waals surface area contributed by atoms with E-state index < -0.39 is 22.0 Å². The summed E-state index contributed by atoms with van der Waals surface area (Å²) in [5.41, 5.74) is 0.333. The average Bonchev–Trinajstić information content (AvgIpc) is 3.13. The van der Waals surface area contributed by atoms with Crippen LogP contribution >= 0.6 is 23.2 Å². The number of sulfonamides is 1. The highest BCUT2D eigenvalue weighted by molar-refractivity contribution is 7.92. The van der Waals surface area contributed by atoms with Crippen molar-refractivity contribution in [1.29, 1.82) is 0 Å². The van der Waals surface area contributed by atoms with Crippen molar-refractivity contribution in [2.24, 2.45) is 0 Å². The van der Waals surface area contributed by atoms with E-state index in [1.165, 1.54) is 30.5 Å². The predicted molar refractivity (Wildman–Crippen MR) is 112 cm³/mol. The van der Waals surface area contributed by atoms with Gasteiger partial charge in [-0.2, -0.15) is 0 Å². The van der Waals surface area contributed by atoms with E-state index in [-0.39, 0.29) is 51.3 Å². The maximum absolute atomic E-state index is 13.2. The minimum atomic E-state index is -3.99. The molecule has 2 N–H and O–H groups in total. The molecule has 0 bridgehead atoms. The number of carbonyl (C=O) groups is 1. The Morgan fingerprint density at radius 1 is 1.23 bits per heavy atom. The molecule has 160 valence electrons. The number of carbonyl (C=O) groups excluding carboxylic acids is 1. The molecular weight excluding hydrogens is 453 g/mol. The van der Waals surface area contributed by atoms with Gasteiger partial charge in [-0.3, -0.25) is 9.10 Å². The van der Waals surface area contributed by atoms with Crippen LogP contribution in [0.15, 0.2) is 35.4 Å². The summed E-state index contributed by atoms with van der Waals surface area (Å²) in [6.07, 6.45) is 2.89. The molecule has 2 atom stereocenters. The number of benzene rings is 1. The van der Waals surface area contributed by atoms with Gasteiger partial charge in [0.2, 0.25) is 5.88 Å². The van der Waals surface area contributed by atoms with Gasteiger partial charge in [0.25, 0.3) is 15.9 Å². The van der Waals surface area contributed by atoms with E-state index in [0.29, 0.717) is 12.8 Å². The van der Waals surface area contributed by atoms with E-state index in [2.05, 4.69) is 10.3 Å². The van der Waals surface area contributed by atoms with Crippen LogP contribution in [0, 0.1) is 0 Å². The smallest absolute Gasteiger partial charge is 0.264 e. The number of fused-ring (bicyclic) bond motifs is 1. The number of aliphatic hydroxyl groups is 1. The minimum absolute atomic E-state index is 0.0336. The normalized spacial score (nSPS) is 21.1. The van der Waals surface area contributed by atoms with Gasteiger partial charge in [0, 0.05) is 6.20 Å². The largest absolute Gasteiger partial charge is 0.474 e. The van der Waals surface area contributed by atoms with Gasteiger partial charge in [0.1, 0.15) is 12.3 Å². The lowest BCUT2D eigenvalue weighted by atomic mass is 10.2. The van der Waals surface area contributed by atoms with Crippen molar-refractivity contribution in [3.8, 4) is 5.88 Å². The molecule has 1 aromatic carbocycles. The Morgan fingerprint density at radius 3 is 2.73 bits per heavy atom. The first-order valence-corrected chi connectivity index (χ1v) is 11.6. The van der Waals surface area contributed by atoms with Crippen LogP contribution in [0.2, 0.25) is 10.0 Å². The number of aromatic nitrogens is 1. The molecule has 1 fully saturated rings. The third-order valence-electron chi connectivity index (χ3n) is 5.17. The van der Waals surface area contributed by atoms with E-state index in [4.69, 9.17) is 27.9 Å². The second-order valence-corrected chi connectivity index (χ2v) is 9.80. The van der Waals surface area contributed by atoms with E-state index in [0.717, 1.165) is 10.7 Å². The van der Waals surface area contributed by atoms with Crippen LogP contribution < -0.4 is 14.4 Å². The van der Waals surface area contributed by atoms with Crippen molar-refractivity contribution in [2.45, 2.75) is 36.3 Å². The first kappa shape index (κ1) is 21.2.